The van der Waals surface area contributed by atoms with Crippen molar-refractivity contribution in [1.82, 2.24) is 14.7 Å². The highest BCUT2D eigenvalue weighted by atomic mass is 32.1. The minimum atomic E-state index is 0.240. The summed E-state index contributed by atoms with van der Waals surface area (Å²) in [6, 6.07) is 4.49. The number of likely N-dealkylation sites (tertiary alicyclic amines) is 1. The topological polar surface area (TPSA) is 43.9 Å². The number of hydrogen-bond acceptors (Lipinski definition) is 4. The van der Waals surface area contributed by atoms with Gasteiger partial charge in [0.25, 0.3) is 0 Å². The van der Waals surface area contributed by atoms with Crippen LogP contribution in [0.25, 0.3) is 0 Å². The molecule has 2 aliphatic heterocycles. The minimum absolute atomic E-state index is 0.240. The Hall–Kier alpha value is -1.40. The molecule has 6 heteroatoms. The van der Waals surface area contributed by atoms with Gasteiger partial charge in [-0.3, -0.25) is 14.5 Å². The molecule has 0 spiro atoms. The lowest BCUT2D eigenvalue weighted by Crippen LogP contribution is -2.53. The van der Waals surface area contributed by atoms with Crippen molar-refractivity contribution < 1.29 is 9.59 Å². The molecule has 0 N–H and O–H groups in total. The minimum Gasteiger partial charge on any atom is -0.340 e. The van der Waals surface area contributed by atoms with Gasteiger partial charge in [-0.25, -0.2) is 0 Å². The lowest BCUT2D eigenvalue weighted by atomic mass is 10.0. The summed E-state index contributed by atoms with van der Waals surface area (Å²) in [4.78, 5) is 32.4. The van der Waals surface area contributed by atoms with E-state index in [1.807, 2.05) is 15.9 Å². The van der Waals surface area contributed by atoms with Crippen LogP contribution in [0.15, 0.2) is 17.5 Å². The Morgan fingerprint density at radius 1 is 1.12 bits per heavy atom. The third-order valence-electron chi connectivity index (χ3n) is 5.37. The number of nitrogens with zero attached hydrogens (tertiary/aromatic N) is 3. The fourth-order valence-electron chi connectivity index (χ4n) is 3.75. The number of thiophene rings is 1. The van der Waals surface area contributed by atoms with E-state index >= 15 is 0 Å². The smallest absolute Gasteiger partial charge is 0.236 e. The van der Waals surface area contributed by atoms with E-state index in [4.69, 9.17) is 0 Å². The van der Waals surface area contributed by atoms with Gasteiger partial charge in [-0.05, 0) is 44.1 Å². The number of piperidine rings is 1. The zero-order chi connectivity index (χ0) is 17.6. The second kappa shape index (κ2) is 8.81. The van der Waals surface area contributed by atoms with Crippen molar-refractivity contribution >= 4 is 23.2 Å². The molecular weight excluding hydrogens is 334 g/mol. The molecule has 3 rings (SSSR count). The molecule has 0 radical (unpaired) electrons. The van der Waals surface area contributed by atoms with Crippen LogP contribution in [0.2, 0.25) is 0 Å². The molecule has 2 saturated heterocycles. The average molecular weight is 364 g/mol. The van der Waals surface area contributed by atoms with E-state index in [2.05, 4.69) is 23.3 Å². The first kappa shape index (κ1) is 18.4. The number of rotatable bonds is 5. The van der Waals surface area contributed by atoms with Crippen molar-refractivity contribution in [2.75, 3.05) is 39.3 Å². The zero-order valence-electron chi connectivity index (χ0n) is 15.2. The Kier molecular flexibility index (Phi) is 6.48. The number of hydrogen-bond donors (Lipinski definition) is 0. The van der Waals surface area contributed by atoms with E-state index in [1.165, 1.54) is 11.3 Å². The highest BCUT2D eigenvalue weighted by Crippen LogP contribution is 2.17. The quantitative estimate of drug-likeness (QED) is 0.806. The summed E-state index contributed by atoms with van der Waals surface area (Å²) < 4.78 is 0. The van der Waals surface area contributed by atoms with Gasteiger partial charge in [-0.2, -0.15) is 0 Å². The lowest BCUT2D eigenvalue weighted by molar-refractivity contribution is -0.137. The predicted octanol–water partition coefficient (Wildman–Crippen LogP) is 2.23. The molecular formula is C19H29N3O2S. The molecule has 2 fully saturated rings. The summed E-state index contributed by atoms with van der Waals surface area (Å²) in [5.41, 5.74) is 0. The summed E-state index contributed by atoms with van der Waals surface area (Å²) in [7, 11) is 0. The molecule has 0 saturated carbocycles. The van der Waals surface area contributed by atoms with E-state index < -0.39 is 0 Å². The van der Waals surface area contributed by atoms with Crippen molar-refractivity contribution in [3.05, 3.63) is 22.4 Å². The Morgan fingerprint density at radius 2 is 1.92 bits per heavy atom. The fourth-order valence-corrected chi connectivity index (χ4v) is 4.46. The molecule has 5 nitrogen and oxygen atoms in total. The Labute approximate surface area is 154 Å². The van der Waals surface area contributed by atoms with E-state index in [-0.39, 0.29) is 11.8 Å². The molecule has 0 aliphatic carbocycles. The van der Waals surface area contributed by atoms with E-state index in [1.54, 1.807) is 11.3 Å². The van der Waals surface area contributed by atoms with Gasteiger partial charge < -0.3 is 9.80 Å². The summed E-state index contributed by atoms with van der Waals surface area (Å²) >= 11 is 1.71. The van der Waals surface area contributed by atoms with Crippen LogP contribution in [0.3, 0.4) is 0 Å². The third-order valence-corrected chi connectivity index (χ3v) is 6.31. The zero-order valence-corrected chi connectivity index (χ0v) is 16.0. The third kappa shape index (κ3) is 5.05. The molecule has 3 heterocycles. The maximum atomic E-state index is 12.5. The van der Waals surface area contributed by atoms with Crippen LogP contribution >= 0.6 is 11.3 Å². The number of amides is 2. The van der Waals surface area contributed by atoms with Gasteiger partial charge >= 0.3 is 0 Å². The van der Waals surface area contributed by atoms with Crippen molar-refractivity contribution in [2.45, 2.75) is 45.1 Å². The highest BCUT2D eigenvalue weighted by molar-refractivity contribution is 7.09. The summed E-state index contributed by atoms with van der Waals surface area (Å²) in [6.07, 6.45) is 4.91. The molecule has 1 aromatic heterocycles. The number of carbonyl (C=O) groups is 2. The van der Waals surface area contributed by atoms with Crippen LogP contribution in [0.5, 0.6) is 0 Å². The molecule has 0 bridgehead atoms. The molecule has 1 aromatic rings. The van der Waals surface area contributed by atoms with Crippen LogP contribution in [0, 0.1) is 0 Å². The summed E-state index contributed by atoms with van der Waals surface area (Å²) in [5, 5.41) is 2.05. The van der Waals surface area contributed by atoms with Crippen molar-refractivity contribution in [2.24, 2.45) is 0 Å². The second-order valence-electron chi connectivity index (χ2n) is 7.17. The summed E-state index contributed by atoms with van der Waals surface area (Å²) in [5.74, 6) is 0.494. The highest BCUT2D eigenvalue weighted by Gasteiger charge is 2.27. The van der Waals surface area contributed by atoms with Crippen molar-refractivity contribution in [3.63, 3.8) is 0 Å². The molecule has 25 heavy (non-hydrogen) atoms. The molecule has 2 amide bonds. The van der Waals surface area contributed by atoms with Gasteiger partial charge in [0, 0.05) is 50.1 Å². The van der Waals surface area contributed by atoms with Crippen molar-refractivity contribution in [3.8, 4) is 0 Å². The normalized spacial score (nSPS) is 22.2. The van der Waals surface area contributed by atoms with Crippen molar-refractivity contribution in [1.29, 1.82) is 0 Å². The van der Waals surface area contributed by atoms with E-state index in [0.717, 1.165) is 52.0 Å². The number of aryl methyl sites for hydroxylation is 1. The molecule has 2 aliphatic rings. The van der Waals surface area contributed by atoms with Crippen LogP contribution in [0.4, 0.5) is 0 Å². The van der Waals surface area contributed by atoms with Crippen LogP contribution in [0.1, 0.15) is 37.5 Å². The lowest BCUT2D eigenvalue weighted by Gasteiger charge is -2.38. The fraction of sp³-hybridized carbons (Fsp3) is 0.684. The molecule has 138 valence electrons. The van der Waals surface area contributed by atoms with Gasteiger partial charge in [0.2, 0.25) is 11.8 Å². The average Bonchev–Trinajstić information content (AvgIpc) is 3.14. The number of piperazine rings is 1. The maximum absolute atomic E-state index is 12.5. The van der Waals surface area contributed by atoms with Gasteiger partial charge in [0.15, 0.2) is 0 Å². The standard InChI is InChI=1S/C19H29N3O2S/c1-16-5-2-3-9-22(16)19(24)15-20-10-12-21(13-11-20)18(23)8-7-17-6-4-14-25-17/h4,6,14,16H,2-3,5,7-13,15H2,1H3. The Bertz CT molecular complexity index is 567. The first-order chi connectivity index (χ1) is 12.1. The molecule has 1 unspecified atom stereocenters. The maximum Gasteiger partial charge on any atom is 0.236 e. The number of carbonyl (C=O) groups excluding carboxylic acids is 2. The van der Waals surface area contributed by atoms with Gasteiger partial charge in [0.1, 0.15) is 0 Å². The predicted molar refractivity (Wildman–Crippen MR) is 101 cm³/mol. The monoisotopic (exact) mass is 363 g/mol. The molecule has 0 aromatic carbocycles. The van der Waals surface area contributed by atoms with Gasteiger partial charge in [-0.15, -0.1) is 11.3 Å². The Balaban J connectivity index is 1.39. The largest absolute Gasteiger partial charge is 0.340 e. The Morgan fingerprint density at radius 3 is 2.60 bits per heavy atom. The summed E-state index contributed by atoms with van der Waals surface area (Å²) in [6.45, 7) is 6.65. The van der Waals surface area contributed by atoms with Crippen LogP contribution < -0.4 is 0 Å². The van der Waals surface area contributed by atoms with Crippen LogP contribution in [-0.2, 0) is 16.0 Å². The van der Waals surface area contributed by atoms with Gasteiger partial charge in [0.05, 0.1) is 6.54 Å². The SMILES string of the molecule is CC1CCCCN1C(=O)CN1CCN(C(=O)CCc2cccs2)CC1. The van der Waals surface area contributed by atoms with E-state index in [0.29, 0.717) is 19.0 Å². The van der Waals surface area contributed by atoms with E-state index in [9.17, 15) is 9.59 Å². The van der Waals surface area contributed by atoms with Crippen LogP contribution in [-0.4, -0.2) is 71.8 Å². The first-order valence-corrected chi connectivity index (χ1v) is 10.3. The molecule has 1 atom stereocenters. The second-order valence-corrected chi connectivity index (χ2v) is 8.20. The first-order valence-electron chi connectivity index (χ1n) is 9.45. The van der Waals surface area contributed by atoms with Gasteiger partial charge in [-0.1, -0.05) is 6.07 Å².